The van der Waals surface area contributed by atoms with E-state index in [1.165, 1.54) is 0 Å². The lowest BCUT2D eigenvalue weighted by atomic mass is 10.2. The minimum Gasteiger partial charge on any atom is -0.444 e. The summed E-state index contributed by atoms with van der Waals surface area (Å²) < 4.78 is 5.30. The van der Waals surface area contributed by atoms with Gasteiger partial charge in [0.25, 0.3) is 0 Å². The Balaban J connectivity index is 2.00. The molecule has 2 heterocycles. The molecule has 0 aliphatic carbocycles. The minimum atomic E-state index is -0.469. The normalized spacial score (nSPS) is 14.9. The van der Waals surface area contributed by atoms with Crippen LogP contribution in [0.25, 0.3) is 0 Å². The average Bonchev–Trinajstić information content (AvgIpc) is 2.70. The van der Waals surface area contributed by atoms with E-state index < -0.39 is 5.60 Å². The summed E-state index contributed by atoms with van der Waals surface area (Å²) in [5.41, 5.74) is 6.86. The van der Waals surface area contributed by atoms with Gasteiger partial charge in [0.2, 0.25) is 0 Å². The first-order chi connectivity index (χ1) is 7.89. The SMILES string of the molecule is CC(C)(C)OC(=O)N1Cc2nc(CN)[nH]c2C1. The van der Waals surface area contributed by atoms with E-state index in [1.54, 1.807) is 4.90 Å². The molecule has 0 fully saturated rings. The van der Waals surface area contributed by atoms with Crippen LogP contribution in [-0.2, 0) is 24.4 Å². The zero-order chi connectivity index (χ0) is 12.6. The van der Waals surface area contributed by atoms with Crippen LogP contribution in [-0.4, -0.2) is 26.6 Å². The molecule has 0 saturated heterocycles. The molecule has 17 heavy (non-hydrogen) atoms. The maximum absolute atomic E-state index is 11.8. The summed E-state index contributed by atoms with van der Waals surface area (Å²) in [5.74, 6) is 0.763. The lowest BCUT2D eigenvalue weighted by Gasteiger charge is -2.24. The number of imidazole rings is 1. The van der Waals surface area contributed by atoms with Crippen LogP contribution in [0.2, 0.25) is 0 Å². The molecule has 1 amide bonds. The number of H-pyrrole nitrogens is 1. The fourth-order valence-corrected chi connectivity index (χ4v) is 1.75. The highest BCUT2D eigenvalue weighted by Crippen LogP contribution is 2.22. The van der Waals surface area contributed by atoms with Crippen molar-refractivity contribution in [1.29, 1.82) is 0 Å². The van der Waals surface area contributed by atoms with Gasteiger partial charge < -0.3 is 15.5 Å². The van der Waals surface area contributed by atoms with Crippen molar-refractivity contribution in [3.63, 3.8) is 0 Å². The Bertz CT molecular complexity index is 410. The lowest BCUT2D eigenvalue weighted by molar-refractivity contribution is 0.0238. The van der Waals surface area contributed by atoms with Crippen LogP contribution in [0, 0.1) is 0 Å². The third-order valence-electron chi connectivity index (χ3n) is 2.45. The maximum Gasteiger partial charge on any atom is 0.410 e. The molecule has 6 heteroatoms. The van der Waals surface area contributed by atoms with Crippen LogP contribution in [0.4, 0.5) is 4.79 Å². The summed E-state index contributed by atoms with van der Waals surface area (Å²) >= 11 is 0. The van der Waals surface area contributed by atoms with E-state index in [0.29, 0.717) is 19.6 Å². The quantitative estimate of drug-likeness (QED) is 0.767. The van der Waals surface area contributed by atoms with E-state index in [2.05, 4.69) is 9.97 Å². The summed E-state index contributed by atoms with van der Waals surface area (Å²) in [6.07, 6.45) is -0.307. The number of nitrogens with two attached hydrogens (primary N) is 1. The molecule has 2 rings (SSSR count). The predicted octanol–water partition coefficient (Wildman–Crippen LogP) is 1.12. The van der Waals surface area contributed by atoms with Crippen molar-refractivity contribution in [1.82, 2.24) is 14.9 Å². The predicted molar refractivity (Wildman–Crippen MR) is 62.0 cm³/mol. The molecule has 0 atom stereocenters. The Labute approximate surface area is 100 Å². The van der Waals surface area contributed by atoms with Gasteiger partial charge in [-0.25, -0.2) is 9.78 Å². The molecule has 0 saturated carbocycles. The Morgan fingerprint density at radius 2 is 2.24 bits per heavy atom. The number of aromatic nitrogens is 2. The zero-order valence-electron chi connectivity index (χ0n) is 10.4. The second-order valence-corrected chi connectivity index (χ2v) is 5.15. The molecule has 0 unspecified atom stereocenters. The van der Waals surface area contributed by atoms with Crippen molar-refractivity contribution in [3.05, 3.63) is 17.2 Å². The molecule has 3 N–H and O–H groups in total. The first-order valence-electron chi connectivity index (χ1n) is 5.63. The highest BCUT2D eigenvalue weighted by molar-refractivity contribution is 5.68. The summed E-state index contributed by atoms with van der Waals surface area (Å²) in [4.78, 5) is 20.9. The number of hydrogen-bond donors (Lipinski definition) is 2. The number of nitrogens with zero attached hydrogens (tertiary/aromatic N) is 2. The van der Waals surface area contributed by atoms with Gasteiger partial charge in [-0.05, 0) is 20.8 Å². The van der Waals surface area contributed by atoms with Gasteiger partial charge in [0.05, 0.1) is 31.0 Å². The highest BCUT2D eigenvalue weighted by atomic mass is 16.6. The first kappa shape index (κ1) is 11.9. The van der Waals surface area contributed by atoms with Crippen molar-refractivity contribution >= 4 is 6.09 Å². The van der Waals surface area contributed by atoms with Crippen LogP contribution >= 0.6 is 0 Å². The molecule has 0 bridgehead atoms. The smallest absolute Gasteiger partial charge is 0.410 e. The number of hydrogen-bond acceptors (Lipinski definition) is 4. The van der Waals surface area contributed by atoms with Crippen LogP contribution in [0.3, 0.4) is 0 Å². The molecule has 1 aromatic rings. The number of rotatable bonds is 1. The van der Waals surface area contributed by atoms with Crippen molar-refractivity contribution < 1.29 is 9.53 Å². The summed E-state index contributed by atoms with van der Waals surface area (Å²) in [5, 5.41) is 0. The Kier molecular flexibility index (Phi) is 2.82. The fraction of sp³-hybridized carbons (Fsp3) is 0.636. The van der Waals surface area contributed by atoms with E-state index in [1.807, 2.05) is 20.8 Å². The topological polar surface area (TPSA) is 84.2 Å². The van der Waals surface area contributed by atoms with Crippen molar-refractivity contribution in [2.24, 2.45) is 5.73 Å². The van der Waals surface area contributed by atoms with E-state index in [0.717, 1.165) is 17.2 Å². The molecule has 1 aromatic heterocycles. The van der Waals surface area contributed by atoms with Gasteiger partial charge in [-0.1, -0.05) is 0 Å². The van der Waals surface area contributed by atoms with Crippen molar-refractivity contribution in [2.45, 2.75) is 46.0 Å². The molecular formula is C11H18N4O2. The van der Waals surface area contributed by atoms with Crippen LogP contribution < -0.4 is 5.73 Å². The molecule has 0 radical (unpaired) electrons. The Morgan fingerprint density at radius 3 is 2.76 bits per heavy atom. The third-order valence-corrected chi connectivity index (χ3v) is 2.45. The molecule has 94 valence electrons. The van der Waals surface area contributed by atoms with E-state index in [9.17, 15) is 4.79 Å². The van der Waals surface area contributed by atoms with Gasteiger partial charge in [-0.3, -0.25) is 4.90 Å². The van der Waals surface area contributed by atoms with Crippen molar-refractivity contribution in [2.75, 3.05) is 0 Å². The Hall–Kier alpha value is -1.56. The molecule has 1 aliphatic heterocycles. The van der Waals surface area contributed by atoms with Crippen molar-refractivity contribution in [3.8, 4) is 0 Å². The first-order valence-corrected chi connectivity index (χ1v) is 5.63. The average molecular weight is 238 g/mol. The molecule has 0 aromatic carbocycles. The molecule has 1 aliphatic rings. The maximum atomic E-state index is 11.8. The zero-order valence-corrected chi connectivity index (χ0v) is 10.4. The lowest BCUT2D eigenvalue weighted by Crippen LogP contribution is -2.33. The third kappa shape index (κ3) is 2.58. The van der Waals surface area contributed by atoms with E-state index in [4.69, 9.17) is 10.5 Å². The van der Waals surface area contributed by atoms with Crippen LogP contribution in [0.15, 0.2) is 0 Å². The standard InChI is InChI=1S/C11H18N4O2/c1-11(2,3)17-10(16)15-5-7-8(6-15)14-9(4-12)13-7/h4-6,12H2,1-3H3,(H,13,14). The van der Waals surface area contributed by atoms with Gasteiger partial charge in [0, 0.05) is 0 Å². The number of nitrogens with one attached hydrogen (secondary N) is 1. The highest BCUT2D eigenvalue weighted by Gasteiger charge is 2.29. The Morgan fingerprint density at radius 1 is 1.53 bits per heavy atom. The van der Waals surface area contributed by atoms with Crippen LogP contribution in [0.1, 0.15) is 38.0 Å². The summed E-state index contributed by atoms with van der Waals surface area (Å²) in [7, 11) is 0. The summed E-state index contributed by atoms with van der Waals surface area (Å²) in [6, 6.07) is 0. The minimum absolute atomic E-state index is 0.307. The number of ether oxygens (including phenoxy) is 1. The monoisotopic (exact) mass is 238 g/mol. The largest absolute Gasteiger partial charge is 0.444 e. The van der Waals surface area contributed by atoms with Gasteiger partial charge in [-0.2, -0.15) is 0 Å². The van der Waals surface area contributed by atoms with Gasteiger partial charge in [-0.15, -0.1) is 0 Å². The van der Waals surface area contributed by atoms with Crippen LogP contribution in [0.5, 0.6) is 0 Å². The number of carbonyl (C=O) groups excluding carboxylic acids is 1. The number of fused-ring (bicyclic) bond motifs is 1. The summed E-state index contributed by atoms with van der Waals surface area (Å²) in [6.45, 7) is 6.94. The molecule has 6 nitrogen and oxygen atoms in total. The van der Waals surface area contributed by atoms with E-state index >= 15 is 0 Å². The number of aromatic amines is 1. The van der Waals surface area contributed by atoms with Gasteiger partial charge in [0.1, 0.15) is 11.4 Å². The second-order valence-electron chi connectivity index (χ2n) is 5.15. The number of amides is 1. The fourth-order valence-electron chi connectivity index (χ4n) is 1.75. The van der Waals surface area contributed by atoms with Gasteiger partial charge >= 0.3 is 6.09 Å². The molecule has 0 spiro atoms. The van der Waals surface area contributed by atoms with Gasteiger partial charge in [0.15, 0.2) is 0 Å². The molecular weight excluding hydrogens is 220 g/mol. The van der Waals surface area contributed by atoms with E-state index in [-0.39, 0.29) is 6.09 Å². The second kappa shape index (κ2) is 4.03. The number of carbonyl (C=O) groups is 1.